The fourth-order valence-corrected chi connectivity index (χ4v) is 7.26. The monoisotopic (exact) mass is 601 g/mol. The minimum Gasteiger partial charge on any atom is -0.264 e. The molecule has 0 atom stereocenters. The van der Waals surface area contributed by atoms with E-state index in [9.17, 15) is 0 Å². The number of benzene rings is 6. The normalized spacial score (nSPS) is 13.1. The second-order valence-electron chi connectivity index (χ2n) is 12.9. The summed E-state index contributed by atoms with van der Waals surface area (Å²) in [5.41, 5.74) is 12.5. The third kappa shape index (κ3) is 4.54. The molecule has 8 aromatic rings. The Balaban J connectivity index is 1.23. The maximum absolute atomic E-state index is 5.15. The van der Waals surface area contributed by atoms with E-state index in [2.05, 4.69) is 134 Å². The van der Waals surface area contributed by atoms with Crippen LogP contribution in [0.4, 0.5) is 0 Å². The fraction of sp³-hybridized carbons (Fsp3) is 0.0682. The van der Waals surface area contributed by atoms with Crippen molar-refractivity contribution >= 4 is 21.5 Å². The van der Waals surface area contributed by atoms with Crippen LogP contribution in [0.5, 0.6) is 0 Å². The molecule has 0 unspecified atom stereocenters. The highest BCUT2D eigenvalue weighted by Crippen LogP contribution is 2.50. The van der Waals surface area contributed by atoms with Crippen LogP contribution in [0.15, 0.2) is 152 Å². The molecule has 3 nitrogen and oxygen atoms in total. The number of nitrogens with zero attached hydrogens (tertiary/aromatic N) is 3. The van der Waals surface area contributed by atoms with E-state index in [4.69, 9.17) is 9.97 Å². The van der Waals surface area contributed by atoms with Crippen molar-refractivity contribution in [2.75, 3.05) is 0 Å². The van der Waals surface area contributed by atoms with Gasteiger partial charge in [-0.1, -0.05) is 117 Å². The molecule has 6 aromatic carbocycles. The van der Waals surface area contributed by atoms with Gasteiger partial charge >= 0.3 is 0 Å². The van der Waals surface area contributed by atoms with E-state index in [0.717, 1.165) is 39.2 Å². The van der Waals surface area contributed by atoms with Crippen molar-refractivity contribution in [1.29, 1.82) is 0 Å². The summed E-state index contributed by atoms with van der Waals surface area (Å²) in [4.78, 5) is 14.6. The molecule has 0 N–H and O–H groups in total. The van der Waals surface area contributed by atoms with Gasteiger partial charge in [0, 0.05) is 40.1 Å². The van der Waals surface area contributed by atoms with Gasteiger partial charge in [-0.15, -0.1) is 0 Å². The van der Waals surface area contributed by atoms with E-state index in [1.807, 2.05) is 30.5 Å². The van der Waals surface area contributed by atoms with Gasteiger partial charge in [0.2, 0.25) is 0 Å². The summed E-state index contributed by atoms with van der Waals surface area (Å²) in [6.45, 7) is 4.69. The molecule has 0 saturated heterocycles. The molecule has 222 valence electrons. The van der Waals surface area contributed by atoms with Crippen LogP contribution in [-0.4, -0.2) is 15.0 Å². The van der Waals surface area contributed by atoms with Gasteiger partial charge in [0.25, 0.3) is 0 Å². The quantitative estimate of drug-likeness (QED) is 0.188. The lowest BCUT2D eigenvalue weighted by Gasteiger charge is -2.22. The predicted molar refractivity (Wildman–Crippen MR) is 194 cm³/mol. The van der Waals surface area contributed by atoms with E-state index in [1.54, 1.807) is 6.20 Å². The van der Waals surface area contributed by atoms with Crippen LogP contribution < -0.4 is 0 Å². The largest absolute Gasteiger partial charge is 0.264 e. The molecule has 0 bridgehead atoms. The van der Waals surface area contributed by atoms with Crippen molar-refractivity contribution in [2.24, 2.45) is 0 Å². The first-order chi connectivity index (χ1) is 23.0. The molecule has 0 fully saturated rings. The molecule has 0 radical (unpaired) electrons. The summed E-state index contributed by atoms with van der Waals surface area (Å²) < 4.78 is 0. The Labute approximate surface area is 274 Å². The molecule has 1 aliphatic rings. The maximum Gasteiger partial charge on any atom is 0.160 e. The molecule has 0 saturated carbocycles. The van der Waals surface area contributed by atoms with Crippen molar-refractivity contribution in [1.82, 2.24) is 15.0 Å². The molecule has 0 amide bonds. The average Bonchev–Trinajstić information content (AvgIpc) is 3.36. The number of rotatable bonds is 4. The smallest absolute Gasteiger partial charge is 0.160 e. The molecular weight excluding hydrogens is 571 g/mol. The van der Waals surface area contributed by atoms with E-state index in [0.29, 0.717) is 5.82 Å². The number of fused-ring (bicyclic) bond motifs is 6. The number of pyridine rings is 1. The minimum absolute atomic E-state index is 0.0591. The third-order valence-electron chi connectivity index (χ3n) is 9.75. The molecule has 47 heavy (non-hydrogen) atoms. The van der Waals surface area contributed by atoms with Crippen LogP contribution in [0.1, 0.15) is 25.0 Å². The molecule has 1 aliphatic carbocycles. The minimum atomic E-state index is -0.0591. The fourth-order valence-electron chi connectivity index (χ4n) is 7.26. The number of aromatic nitrogens is 3. The maximum atomic E-state index is 5.15. The molecule has 0 aliphatic heterocycles. The topological polar surface area (TPSA) is 38.7 Å². The lowest BCUT2D eigenvalue weighted by Crippen LogP contribution is -2.14. The summed E-state index contributed by atoms with van der Waals surface area (Å²) in [5.74, 6) is 0.709. The predicted octanol–water partition coefficient (Wildman–Crippen LogP) is 11.2. The zero-order valence-corrected chi connectivity index (χ0v) is 26.3. The van der Waals surface area contributed by atoms with Crippen LogP contribution in [0.3, 0.4) is 0 Å². The van der Waals surface area contributed by atoms with Gasteiger partial charge in [0.15, 0.2) is 5.82 Å². The van der Waals surface area contributed by atoms with Gasteiger partial charge in [-0.3, -0.25) is 4.98 Å². The van der Waals surface area contributed by atoms with Crippen LogP contribution in [0.2, 0.25) is 0 Å². The summed E-state index contributed by atoms with van der Waals surface area (Å²) in [7, 11) is 0. The van der Waals surface area contributed by atoms with Gasteiger partial charge in [-0.2, -0.15) is 0 Å². The Morgan fingerprint density at radius 1 is 0.447 bits per heavy atom. The van der Waals surface area contributed by atoms with Crippen molar-refractivity contribution in [3.63, 3.8) is 0 Å². The summed E-state index contributed by atoms with van der Waals surface area (Å²) >= 11 is 0. The Bertz CT molecular complexity index is 2480. The third-order valence-corrected chi connectivity index (χ3v) is 9.75. The van der Waals surface area contributed by atoms with E-state index in [1.165, 1.54) is 43.8 Å². The van der Waals surface area contributed by atoms with E-state index in [-0.39, 0.29) is 5.41 Å². The van der Waals surface area contributed by atoms with Crippen molar-refractivity contribution in [3.8, 4) is 56.2 Å². The molecular formula is C44H31N3. The van der Waals surface area contributed by atoms with Crippen molar-refractivity contribution < 1.29 is 0 Å². The molecule has 9 rings (SSSR count). The lowest BCUT2D eigenvalue weighted by molar-refractivity contribution is 0.661. The van der Waals surface area contributed by atoms with Crippen molar-refractivity contribution in [2.45, 2.75) is 19.3 Å². The van der Waals surface area contributed by atoms with Crippen LogP contribution in [0.25, 0.3) is 77.7 Å². The Morgan fingerprint density at radius 3 is 1.96 bits per heavy atom. The Hall–Kier alpha value is -5.93. The summed E-state index contributed by atoms with van der Waals surface area (Å²) in [6.07, 6.45) is 3.70. The van der Waals surface area contributed by atoms with Gasteiger partial charge in [-0.25, -0.2) is 9.97 Å². The zero-order chi connectivity index (χ0) is 31.5. The summed E-state index contributed by atoms with van der Waals surface area (Å²) in [6, 6.07) is 49.8. The van der Waals surface area contributed by atoms with Crippen molar-refractivity contribution in [3.05, 3.63) is 163 Å². The zero-order valence-electron chi connectivity index (χ0n) is 26.3. The lowest BCUT2D eigenvalue weighted by atomic mass is 9.81. The number of hydrogen-bond acceptors (Lipinski definition) is 3. The SMILES string of the molecule is CC1(C)c2ccccc2-c2cc3ccc4ccc(-c5cc(-c6cccc(-c7cccnc7)c6)nc(-c6ccccc6)n5)cc4c3cc21. The van der Waals surface area contributed by atoms with Crippen LogP contribution in [-0.2, 0) is 5.41 Å². The highest BCUT2D eigenvalue weighted by molar-refractivity contribution is 6.10. The van der Waals surface area contributed by atoms with Crippen LogP contribution in [0, 0.1) is 0 Å². The van der Waals surface area contributed by atoms with E-state index >= 15 is 0 Å². The molecule has 2 heterocycles. The van der Waals surface area contributed by atoms with E-state index < -0.39 is 0 Å². The highest BCUT2D eigenvalue weighted by Gasteiger charge is 2.35. The van der Waals surface area contributed by atoms with Gasteiger partial charge in [0.05, 0.1) is 11.4 Å². The first kappa shape index (κ1) is 27.4. The average molecular weight is 602 g/mol. The standard InChI is InChI=1S/C44H31N3/c1-44(2)39-16-7-6-15-35(39)38-23-31-19-17-28-18-20-33(24-36(28)37(31)25-40(38)44)42-26-41(46-43(47-42)29-10-4-3-5-11-29)32-13-8-12-30(22-32)34-14-9-21-45-27-34/h3-27H,1-2H3. The Kier molecular flexibility index (Phi) is 6.16. The van der Waals surface area contributed by atoms with Crippen LogP contribution >= 0.6 is 0 Å². The Morgan fingerprint density at radius 2 is 1.13 bits per heavy atom. The van der Waals surface area contributed by atoms with Gasteiger partial charge < -0.3 is 0 Å². The summed E-state index contributed by atoms with van der Waals surface area (Å²) in [5, 5.41) is 4.97. The molecule has 0 spiro atoms. The van der Waals surface area contributed by atoms with Gasteiger partial charge in [-0.05, 0) is 85.8 Å². The van der Waals surface area contributed by atoms with Gasteiger partial charge in [0.1, 0.15) is 0 Å². The second-order valence-corrected chi connectivity index (χ2v) is 12.9. The first-order valence-corrected chi connectivity index (χ1v) is 16.1. The molecule has 3 heteroatoms. The number of hydrogen-bond donors (Lipinski definition) is 0. The highest BCUT2D eigenvalue weighted by atomic mass is 14.9. The molecule has 2 aromatic heterocycles. The first-order valence-electron chi connectivity index (χ1n) is 16.1. The second kappa shape index (κ2) is 10.6.